The number of unbranched alkanes of at least 4 members (excludes halogenated alkanes) is 7. The summed E-state index contributed by atoms with van der Waals surface area (Å²) in [5, 5.41) is 30.3. The maximum atomic E-state index is 12.4. The van der Waals surface area contributed by atoms with Crippen LogP contribution in [0.2, 0.25) is 0 Å². The molecule has 0 saturated heterocycles. The predicted octanol–water partition coefficient (Wildman–Crippen LogP) is 8.20. The normalized spacial score (nSPS) is 15.2. The molecule has 0 aromatic heterocycles. The first-order valence-electron chi connectivity index (χ1n) is 19.2. The Bertz CT molecular complexity index is 1180. The number of hydrogen-bond donors (Lipinski definition) is 5. The molecule has 0 fully saturated rings. The minimum Gasteiger partial charge on any atom is -0.462 e. The Labute approximate surface area is 318 Å². The van der Waals surface area contributed by atoms with Gasteiger partial charge in [0.25, 0.3) is 0 Å². The molecule has 0 aromatic rings. The van der Waals surface area contributed by atoms with Gasteiger partial charge in [0.15, 0.2) is 6.10 Å². The first-order valence-corrected chi connectivity index (χ1v) is 20.7. The molecule has 0 aromatic carbocycles. The molecular weight excluding hydrogens is 699 g/mol. The third-order valence-electron chi connectivity index (χ3n) is 7.75. The fourth-order valence-corrected chi connectivity index (χ4v) is 5.06. The Hall–Kier alpha value is -2.89. The van der Waals surface area contributed by atoms with Crippen LogP contribution < -0.4 is 0 Å². The number of rotatable bonds is 33. The molecule has 0 radical (unpaired) electrons. The third kappa shape index (κ3) is 35.9. The van der Waals surface area contributed by atoms with Crippen LogP contribution in [-0.2, 0) is 28.2 Å². The van der Waals surface area contributed by atoms with E-state index in [4.69, 9.17) is 19.3 Å². The number of carbonyl (C=O) groups excluding carboxylic acids is 2. The van der Waals surface area contributed by atoms with Gasteiger partial charge in [-0.2, -0.15) is 0 Å². The van der Waals surface area contributed by atoms with Gasteiger partial charge in [-0.3, -0.25) is 14.1 Å². The van der Waals surface area contributed by atoms with Crippen LogP contribution in [-0.4, -0.2) is 74.7 Å². The Balaban J connectivity index is 4.41. The largest absolute Gasteiger partial charge is 0.469 e. The molecule has 0 spiro atoms. The van der Waals surface area contributed by atoms with Crippen molar-refractivity contribution < 1.29 is 53.3 Å². The van der Waals surface area contributed by atoms with Crippen molar-refractivity contribution in [2.45, 2.75) is 147 Å². The maximum Gasteiger partial charge on any atom is 0.469 e. The fraction of sp³-hybridized carbons (Fsp3) is 0.610. The van der Waals surface area contributed by atoms with Crippen molar-refractivity contribution in [1.29, 1.82) is 0 Å². The van der Waals surface area contributed by atoms with E-state index in [-0.39, 0.29) is 25.7 Å². The van der Waals surface area contributed by atoms with Gasteiger partial charge in [0.2, 0.25) is 0 Å². The monoisotopic (exact) mass is 766 g/mol. The lowest BCUT2D eigenvalue weighted by Crippen LogP contribution is -2.29. The molecule has 11 nitrogen and oxygen atoms in total. The summed E-state index contributed by atoms with van der Waals surface area (Å²) in [6, 6.07) is 0. The summed E-state index contributed by atoms with van der Waals surface area (Å²) < 4.78 is 26.1. The number of ether oxygens (including phenoxy) is 2. The molecule has 0 aliphatic heterocycles. The molecule has 4 atom stereocenters. The molecule has 0 aliphatic carbocycles. The smallest absolute Gasteiger partial charge is 0.462 e. The summed E-state index contributed by atoms with van der Waals surface area (Å²) in [5.74, 6) is -1.27. The Morgan fingerprint density at radius 3 is 1.79 bits per heavy atom. The topological polar surface area (TPSA) is 180 Å². The molecular formula is C41H67O11P. The molecule has 0 unspecified atom stereocenters. The van der Waals surface area contributed by atoms with Gasteiger partial charge >= 0.3 is 19.8 Å². The summed E-state index contributed by atoms with van der Waals surface area (Å²) in [7, 11) is -4.86. The van der Waals surface area contributed by atoms with Crippen molar-refractivity contribution in [3.05, 3.63) is 85.1 Å². The van der Waals surface area contributed by atoms with E-state index in [9.17, 15) is 29.5 Å². The zero-order valence-electron chi connectivity index (χ0n) is 32.0. The SMILES string of the molecule is CCCCC/C=C\C/C=C\C/C=C\CCCCC(=O)OC[C@H](COP(=O)(O)O)OC(=O)CCC[C@H](O)[C@@H](O)/C=C/C=C/C=C\C=C\[C@@H](O)CCCCC. The molecule has 5 N–H and O–H groups in total. The number of esters is 2. The molecule has 0 rings (SSSR count). The van der Waals surface area contributed by atoms with E-state index >= 15 is 0 Å². The van der Waals surface area contributed by atoms with Crippen molar-refractivity contribution in [3.8, 4) is 0 Å². The van der Waals surface area contributed by atoms with Crippen molar-refractivity contribution in [2.75, 3.05) is 13.2 Å². The van der Waals surface area contributed by atoms with Gasteiger partial charge in [0, 0.05) is 12.8 Å². The summed E-state index contributed by atoms with van der Waals surface area (Å²) in [4.78, 5) is 42.8. The minimum absolute atomic E-state index is 0.0803. The average molecular weight is 767 g/mol. The van der Waals surface area contributed by atoms with Crippen LogP contribution in [0.25, 0.3) is 0 Å². The number of phosphoric acid groups is 1. The average Bonchev–Trinajstić information content (AvgIpc) is 3.11. The number of aliphatic hydroxyl groups is 3. The summed E-state index contributed by atoms with van der Waals surface area (Å²) in [5.41, 5.74) is 0. The molecule has 0 bridgehead atoms. The van der Waals surface area contributed by atoms with E-state index in [1.165, 1.54) is 25.3 Å². The van der Waals surface area contributed by atoms with Crippen molar-refractivity contribution in [2.24, 2.45) is 0 Å². The van der Waals surface area contributed by atoms with E-state index in [1.807, 2.05) is 0 Å². The first-order chi connectivity index (χ1) is 25.5. The second kappa shape index (κ2) is 34.9. The van der Waals surface area contributed by atoms with Crippen LogP contribution in [0.15, 0.2) is 85.1 Å². The lowest BCUT2D eigenvalue weighted by Gasteiger charge is -2.19. The Morgan fingerprint density at radius 2 is 1.17 bits per heavy atom. The third-order valence-corrected chi connectivity index (χ3v) is 8.24. The van der Waals surface area contributed by atoms with Crippen LogP contribution in [0.3, 0.4) is 0 Å². The summed E-state index contributed by atoms with van der Waals surface area (Å²) in [6.45, 7) is 3.20. The Kier molecular flexibility index (Phi) is 33.0. The second-order valence-corrected chi connectivity index (χ2v) is 14.0. The van der Waals surface area contributed by atoms with Gasteiger partial charge in [-0.15, -0.1) is 0 Å². The van der Waals surface area contributed by atoms with Gasteiger partial charge < -0.3 is 34.6 Å². The molecule has 0 heterocycles. The zero-order chi connectivity index (χ0) is 39.4. The molecule has 0 saturated carbocycles. The zero-order valence-corrected chi connectivity index (χ0v) is 32.9. The summed E-state index contributed by atoms with van der Waals surface area (Å²) >= 11 is 0. The minimum atomic E-state index is -4.86. The number of hydrogen-bond acceptors (Lipinski definition) is 9. The highest BCUT2D eigenvalue weighted by atomic mass is 31.2. The predicted molar refractivity (Wildman–Crippen MR) is 211 cm³/mol. The van der Waals surface area contributed by atoms with E-state index in [0.717, 1.165) is 57.8 Å². The Morgan fingerprint density at radius 1 is 0.623 bits per heavy atom. The van der Waals surface area contributed by atoms with E-state index in [1.54, 1.807) is 42.5 Å². The van der Waals surface area contributed by atoms with Gasteiger partial charge in [0.05, 0.1) is 24.9 Å². The van der Waals surface area contributed by atoms with Gasteiger partial charge in [-0.1, -0.05) is 131 Å². The lowest BCUT2D eigenvalue weighted by molar-refractivity contribution is -0.161. The van der Waals surface area contributed by atoms with Crippen molar-refractivity contribution in [1.82, 2.24) is 0 Å². The van der Waals surface area contributed by atoms with Crippen LogP contribution in [0.4, 0.5) is 0 Å². The van der Waals surface area contributed by atoms with E-state index < -0.39 is 57.4 Å². The highest BCUT2D eigenvalue weighted by Gasteiger charge is 2.23. The standard InChI is InChI=1S/C41H67O11P/c1-3-5-7-8-9-10-11-12-13-14-15-16-17-22-26-32-40(45)50-34-37(35-51-53(47,48)49)52-41(46)33-27-31-39(44)38(43)30-25-21-19-18-20-24-29-36(42)28-23-6-4-2/h9-10,12-13,15-16,18-21,24-25,29-30,36-39,42-44H,3-8,11,14,17,22-23,26-28,31-35H2,1-2H3,(H2,47,48,49)/b10-9-,13-12-,16-15-,20-18-,21-19+,29-24+,30-25+/t36-,37+,38-,39-/m0/s1. The highest BCUT2D eigenvalue weighted by molar-refractivity contribution is 7.46. The number of allylic oxidation sites excluding steroid dienone is 12. The molecule has 0 amide bonds. The van der Waals surface area contributed by atoms with Gasteiger partial charge in [0.1, 0.15) is 6.61 Å². The van der Waals surface area contributed by atoms with Crippen molar-refractivity contribution >= 4 is 19.8 Å². The van der Waals surface area contributed by atoms with Crippen molar-refractivity contribution in [3.63, 3.8) is 0 Å². The van der Waals surface area contributed by atoms with E-state index in [0.29, 0.717) is 6.42 Å². The number of carbonyl (C=O) groups is 2. The van der Waals surface area contributed by atoms with Crippen LogP contribution in [0.5, 0.6) is 0 Å². The molecule has 12 heteroatoms. The number of phosphoric ester groups is 1. The second-order valence-electron chi connectivity index (χ2n) is 12.8. The quantitative estimate of drug-likeness (QED) is 0.0143. The van der Waals surface area contributed by atoms with E-state index in [2.05, 4.69) is 54.8 Å². The van der Waals surface area contributed by atoms with Gasteiger partial charge in [-0.25, -0.2) is 4.57 Å². The number of aliphatic hydroxyl groups excluding tert-OH is 3. The maximum absolute atomic E-state index is 12.4. The summed E-state index contributed by atoms with van der Waals surface area (Å²) in [6.07, 6.45) is 35.3. The van der Waals surface area contributed by atoms with Crippen LogP contribution >= 0.6 is 7.82 Å². The molecule has 302 valence electrons. The molecule has 0 aliphatic rings. The fourth-order valence-electron chi connectivity index (χ4n) is 4.70. The molecule has 53 heavy (non-hydrogen) atoms. The lowest BCUT2D eigenvalue weighted by atomic mass is 10.1. The first kappa shape index (κ1) is 50.1. The van der Waals surface area contributed by atoms with Gasteiger partial charge in [-0.05, 0) is 64.2 Å². The van der Waals surface area contributed by atoms with Crippen LogP contribution in [0, 0.1) is 0 Å². The van der Waals surface area contributed by atoms with Crippen LogP contribution in [0.1, 0.15) is 123 Å². The highest BCUT2D eigenvalue weighted by Crippen LogP contribution is 2.36.